The number of hydrogen-bond donors (Lipinski definition) is 1. The zero-order chi connectivity index (χ0) is 16.9. The van der Waals surface area contributed by atoms with Gasteiger partial charge in [-0.1, -0.05) is 48.5 Å². The molecule has 2 nitrogen and oxygen atoms in total. The molecule has 0 saturated heterocycles. The molecule has 1 N–H and O–H groups in total. The highest BCUT2D eigenvalue weighted by molar-refractivity contribution is 6.04. The van der Waals surface area contributed by atoms with Crippen LogP contribution in [0.15, 0.2) is 72.8 Å². The summed E-state index contributed by atoms with van der Waals surface area (Å²) < 4.78 is 26.7. The number of para-hydroxylation sites is 1. The van der Waals surface area contributed by atoms with E-state index < -0.39 is 17.5 Å². The summed E-state index contributed by atoms with van der Waals surface area (Å²) in [5, 5.41) is 2.71. The van der Waals surface area contributed by atoms with Crippen molar-refractivity contribution in [2.24, 2.45) is 0 Å². The van der Waals surface area contributed by atoms with Crippen LogP contribution in [0.1, 0.15) is 21.5 Å². The largest absolute Gasteiger partial charge is 0.322 e. The molecule has 3 rings (SSSR count). The Morgan fingerprint density at radius 1 is 0.875 bits per heavy atom. The highest BCUT2D eigenvalue weighted by atomic mass is 19.1. The van der Waals surface area contributed by atoms with Gasteiger partial charge >= 0.3 is 0 Å². The number of amides is 1. The van der Waals surface area contributed by atoms with Gasteiger partial charge in [0, 0.05) is 11.8 Å². The van der Waals surface area contributed by atoms with E-state index >= 15 is 0 Å². The van der Waals surface area contributed by atoms with E-state index in [4.69, 9.17) is 0 Å². The van der Waals surface area contributed by atoms with E-state index in [-0.39, 0.29) is 5.56 Å². The Balaban J connectivity index is 1.84. The normalized spacial score (nSPS) is 10.4. The van der Waals surface area contributed by atoms with Crippen LogP contribution in [-0.2, 0) is 6.42 Å². The summed E-state index contributed by atoms with van der Waals surface area (Å²) in [5.74, 6) is -2.20. The minimum absolute atomic E-state index is 0.189. The fourth-order valence-electron chi connectivity index (χ4n) is 2.48. The Kier molecular flexibility index (Phi) is 4.66. The first-order valence-corrected chi connectivity index (χ1v) is 7.52. The van der Waals surface area contributed by atoms with E-state index in [1.165, 1.54) is 0 Å². The van der Waals surface area contributed by atoms with Crippen LogP contribution < -0.4 is 5.32 Å². The van der Waals surface area contributed by atoms with Gasteiger partial charge in [-0.3, -0.25) is 4.79 Å². The predicted molar refractivity (Wildman–Crippen MR) is 90.0 cm³/mol. The molecule has 0 atom stereocenters. The molecule has 0 unspecified atom stereocenters. The maximum absolute atomic E-state index is 13.8. The van der Waals surface area contributed by atoms with Gasteiger partial charge in [-0.15, -0.1) is 0 Å². The quantitative estimate of drug-likeness (QED) is 0.733. The van der Waals surface area contributed by atoms with E-state index in [0.29, 0.717) is 18.2 Å². The SMILES string of the molecule is O=C(Nc1ccccc1Cc1ccccc1)c1ccc(F)cc1F. The van der Waals surface area contributed by atoms with E-state index in [2.05, 4.69) is 5.32 Å². The molecule has 0 aromatic heterocycles. The zero-order valence-corrected chi connectivity index (χ0v) is 12.8. The Bertz CT molecular complexity index is 863. The Morgan fingerprint density at radius 3 is 2.33 bits per heavy atom. The van der Waals surface area contributed by atoms with E-state index in [1.807, 2.05) is 42.5 Å². The number of hydrogen-bond acceptors (Lipinski definition) is 1. The van der Waals surface area contributed by atoms with Gasteiger partial charge in [-0.05, 0) is 35.7 Å². The van der Waals surface area contributed by atoms with Gasteiger partial charge in [0.05, 0.1) is 5.56 Å². The highest BCUT2D eigenvalue weighted by Gasteiger charge is 2.14. The third-order valence-electron chi connectivity index (χ3n) is 3.68. The van der Waals surface area contributed by atoms with Crippen molar-refractivity contribution in [1.82, 2.24) is 0 Å². The molecule has 4 heteroatoms. The number of rotatable bonds is 4. The molecule has 0 aliphatic heterocycles. The first-order chi connectivity index (χ1) is 11.6. The van der Waals surface area contributed by atoms with Crippen LogP contribution in [0, 0.1) is 11.6 Å². The second-order valence-electron chi connectivity index (χ2n) is 5.40. The van der Waals surface area contributed by atoms with E-state index in [1.54, 1.807) is 12.1 Å². The van der Waals surface area contributed by atoms with Gasteiger partial charge in [0.2, 0.25) is 0 Å². The lowest BCUT2D eigenvalue weighted by Crippen LogP contribution is -2.15. The van der Waals surface area contributed by atoms with Crippen molar-refractivity contribution in [2.75, 3.05) is 5.32 Å². The van der Waals surface area contributed by atoms with Gasteiger partial charge in [0.25, 0.3) is 5.91 Å². The predicted octanol–water partition coefficient (Wildman–Crippen LogP) is 4.81. The summed E-state index contributed by atoms with van der Waals surface area (Å²) in [5.41, 5.74) is 2.44. The molecular formula is C20H15F2NO. The molecule has 3 aromatic rings. The van der Waals surface area contributed by atoms with Crippen molar-refractivity contribution in [3.05, 3.63) is 101 Å². The second-order valence-corrected chi connectivity index (χ2v) is 5.40. The van der Waals surface area contributed by atoms with Crippen molar-refractivity contribution in [3.63, 3.8) is 0 Å². The summed E-state index contributed by atoms with van der Waals surface area (Å²) in [6.07, 6.45) is 0.642. The molecule has 0 radical (unpaired) electrons. The number of anilines is 1. The molecule has 24 heavy (non-hydrogen) atoms. The molecule has 0 fully saturated rings. The monoisotopic (exact) mass is 323 g/mol. The molecule has 3 aromatic carbocycles. The Hall–Kier alpha value is -3.01. The van der Waals surface area contributed by atoms with Crippen molar-refractivity contribution in [1.29, 1.82) is 0 Å². The van der Waals surface area contributed by atoms with Gasteiger partial charge in [-0.25, -0.2) is 8.78 Å². The van der Waals surface area contributed by atoms with Crippen LogP contribution in [-0.4, -0.2) is 5.91 Å². The van der Waals surface area contributed by atoms with Crippen LogP contribution in [0.4, 0.5) is 14.5 Å². The number of halogens is 2. The molecule has 1 amide bonds. The van der Waals surface area contributed by atoms with Crippen LogP contribution >= 0.6 is 0 Å². The van der Waals surface area contributed by atoms with Crippen molar-refractivity contribution < 1.29 is 13.6 Å². The fourth-order valence-corrected chi connectivity index (χ4v) is 2.48. The minimum Gasteiger partial charge on any atom is -0.322 e. The van der Waals surface area contributed by atoms with Crippen LogP contribution in [0.3, 0.4) is 0 Å². The smallest absolute Gasteiger partial charge is 0.258 e. The summed E-state index contributed by atoms with van der Waals surface area (Å²) in [7, 11) is 0. The molecule has 0 aliphatic carbocycles. The summed E-state index contributed by atoms with van der Waals surface area (Å²) in [4.78, 5) is 12.3. The number of nitrogens with one attached hydrogen (secondary N) is 1. The summed E-state index contributed by atoms with van der Waals surface area (Å²) >= 11 is 0. The topological polar surface area (TPSA) is 29.1 Å². The van der Waals surface area contributed by atoms with E-state index in [9.17, 15) is 13.6 Å². The lowest BCUT2D eigenvalue weighted by Gasteiger charge is -2.12. The molecule has 0 aliphatic rings. The lowest BCUT2D eigenvalue weighted by molar-refractivity contribution is 0.102. The summed E-state index contributed by atoms with van der Waals surface area (Å²) in [6.45, 7) is 0. The molecule has 0 spiro atoms. The molecule has 0 bridgehead atoms. The van der Waals surface area contributed by atoms with Gasteiger partial charge in [0.1, 0.15) is 11.6 Å². The average Bonchev–Trinajstić information content (AvgIpc) is 2.57. The van der Waals surface area contributed by atoms with Gasteiger partial charge in [0.15, 0.2) is 0 Å². The molecule has 0 heterocycles. The number of benzene rings is 3. The highest BCUT2D eigenvalue weighted by Crippen LogP contribution is 2.20. The van der Waals surface area contributed by atoms with Crippen molar-refractivity contribution >= 4 is 11.6 Å². The van der Waals surface area contributed by atoms with Gasteiger partial charge < -0.3 is 5.32 Å². The number of carbonyl (C=O) groups excluding carboxylic acids is 1. The first-order valence-electron chi connectivity index (χ1n) is 7.52. The molecule has 0 saturated carbocycles. The van der Waals surface area contributed by atoms with Crippen LogP contribution in [0.5, 0.6) is 0 Å². The molecular weight excluding hydrogens is 308 g/mol. The first kappa shape index (κ1) is 15.9. The third-order valence-corrected chi connectivity index (χ3v) is 3.68. The lowest BCUT2D eigenvalue weighted by atomic mass is 10.0. The second kappa shape index (κ2) is 7.04. The average molecular weight is 323 g/mol. The fraction of sp³-hybridized carbons (Fsp3) is 0.0500. The maximum Gasteiger partial charge on any atom is 0.258 e. The van der Waals surface area contributed by atoms with Crippen LogP contribution in [0.25, 0.3) is 0 Å². The Morgan fingerprint density at radius 2 is 1.58 bits per heavy atom. The van der Waals surface area contributed by atoms with Gasteiger partial charge in [-0.2, -0.15) is 0 Å². The minimum atomic E-state index is -0.881. The molecule has 120 valence electrons. The zero-order valence-electron chi connectivity index (χ0n) is 12.8. The summed E-state index contributed by atoms with van der Waals surface area (Å²) in [6, 6.07) is 20.1. The third kappa shape index (κ3) is 3.66. The number of carbonyl (C=O) groups is 1. The standard InChI is InChI=1S/C20H15F2NO/c21-16-10-11-17(18(22)13-16)20(24)23-19-9-5-4-8-15(19)12-14-6-2-1-3-7-14/h1-11,13H,12H2,(H,23,24). The van der Waals surface area contributed by atoms with Crippen molar-refractivity contribution in [2.45, 2.75) is 6.42 Å². The van der Waals surface area contributed by atoms with E-state index in [0.717, 1.165) is 23.3 Å². The Labute approximate surface area is 138 Å². The van der Waals surface area contributed by atoms with Crippen LogP contribution in [0.2, 0.25) is 0 Å². The van der Waals surface area contributed by atoms with Crippen molar-refractivity contribution in [3.8, 4) is 0 Å². The maximum atomic E-state index is 13.8.